The Labute approximate surface area is 179 Å². The summed E-state index contributed by atoms with van der Waals surface area (Å²) in [4.78, 5) is 29.3. The molecule has 1 aromatic rings. The van der Waals surface area contributed by atoms with E-state index in [2.05, 4.69) is 15.6 Å². The SMILES string of the molecule is CCCCNC(=O)OCCN(CCOC(=O)NCCCC)CC(O)c1cccnc1. The third-order valence-electron chi connectivity index (χ3n) is 4.38. The molecule has 1 atom stereocenters. The number of pyridine rings is 1. The molecule has 1 unspecified atom stereocenters. The topological polar surface area (TPSA) is 113 Å². The van der Waals surface area contributed by atoms with Crippen LogP contribution >= 0.6 is 0 Å². The molecule has 30 heavy (non-hydrogen) atoms. The first-order valence-electron chi connectivity index (χ1n) is 10.7. The highest BCUT2D eigenvalue weighted by Crippen LogP contribution is 2.12. The lowest BCUT2D eigenvalue weighted by Gasteiger charge is -2.25. The smallest absolute Gasteiger partial charge is 0.407 e. The number of carbonyl (C=O) groups excluding carboxylic acids is 2. The molecule has 1 rings (SSSR count). The molecule has 9 heteroatoms. The van der Waals surface area contributed by atoms with E-state index in [0.29, 0.717) is 38.3 Å². The Morgan fingerprint density at radius 3 is 2.10 bits per heavy atom. The highest BCUT2D eigenvalue weighted by molar-refractivity contribution is 5.67. The predicted octanol–water partition coefficient (Wildman–Crippen LogP) is 2.47. The Kier molecular flexibility index (Phi) is 14.0. The van der Waals surface area contributed by atoms with E-state index in [-0.39, 0.29) is 13.2 Å². The molecule has 0 fully saturated rings. The van der Waals surface area contributed by atoms with E-state index in [1.54, 1.807) is 24.5 Å². The van der Waals surface area contributed by atoms with Crippen LogP contribution in [-0.2, 0) is 9.47 Å². The summed E-state index contributed by atoms with van der Waals surface area (Å²) in [6, 6.07) is 3.56. The van der Waals surface area contributed by atoms with Crippen LogP contribution in [0.5, 0.6) is 0 Å². The lowest BCUT2D eigenvalue weighted by Crippen LogP contribution is -2.37. The lowest BCUT2D eigenvalue weighted by molar-refractivity contribution is 0.0723. The number of aliphatic hydroxyl groups is 1. The van der Waals surface area contributed by atoms with Crippen LogP contribution in [0.15, 0.2) is 24.5 Å². The molecule has 0 aliphatic heterocycles. The van der Waals surface area contributed by atoms with Gasteiger partial charge in [0.05, 0.1) is 6.10 Å². The number of hydrogen-bond donors (Lipinski definition) is 3. The summed E-state index contributed by atoms with van der Waals surface area (Å²) >= 11 is 0. The number of ether oxygens (including phenoxy) is 2. The second-order valence-corrected chi connectivity index (χ2v) is 6.94. The summed E-state index contributed by atoms with van der Waals surface area (Å²) < 4.78 is 10.4. The molecule has 1 aromatic heterocycles. The van der Waals surface area contributed by atoms with E-state index < -0.39 is 18.3 Å². The maximum Gasteiger partial charge on any atom is 0.407 e. The summed E-state index contributed by atoms with van der Waals surface area (Å²) in [5.74, 6) is 0. The van der Waals surface area contributed by atoms with Gasteiger partial charge in [-0.05, 0) is 18.9 Å². The largest absolute Gasteiger partial charge is 0.448 e. The Balaban J connectivity index is 2.45. The monoisotopic (exact) mass is 424 g/mol. The lowest BCUT2D eigenvalue weighted by atomic mass is 10.1. The van der Waals surface area contributed by atoms with Crippen LogP contribution < -0.4 is 10.6 Å². The molecule has 1 heterocycles. The van der Waals surface area contributed by atoms with E-state index >= 15 is 0 Å². The first-order chi connectivity index (χ1) is 14.6. The fraction of sp³-hybridized carbons (Fsp3) is 0.667. The van der Waals surface area contributed by atoms with Crippen LogP contribution in [0.2, 0.25) is 0 Å². The summed E-state index contributed by atoms with van der Waals surface area (Å²) in [7, 11) is 0. The molecule has 0 aliphatic carbocycles. The van der Waals surface area contributed by atoms with E-state index in [0.717, 1.165) is 25.7 Å². The summed E-state index contributed by atoms with van der Waals surface area (Å²) in [5.41, 5.74) is 0.693. The van der Waals surface area contributed by atoms with E-state index in [1.807, 2.05) is 18.7 Å². The van der Waals surface area contributed by atoms with Crippen molar-refractivity contribution >= 4 is 12.2 Å². The van der Waals surface area contributed by atoms with Crippen LogP contribution in [0, 0.1) is 0 Å². The maximum atomic E-state index is 11.7. The van der Waals surface area contributed by atoms with Gasteiger partial charge in [-0.25, -0.2) is 9.59 Å². The molecule has 0 bridgehead atoms. The van der Waals surface area contributed by atoms with Gasteiger partial charge in [0.25, 0.3) is 0 Å². The van der Waals surface area contributed by atoms with Gasteiger partial charge in [-0.15, -0.1) is 0 Å². The predicted molar refractivity (Wildman–Crippen MR) is 114 cm³/mol. The van der Waals surface area contributed by atoms with Gasteiger partial charge >= 0.3 is 12.2 Å². The Morgan fingerprint density at radius 1 is 1.07 bits per heavy atom. The summed E-state index contributed by atoms with van der Waals surface area (Å²) in [6.45, 7) is 6.70. The average molecular weight is 425 g/mol. The summed E-state index contributed by atoms with van der Waals surface area (Å²) in [6.07, 6.45) is 5.37. The number of amides is 2. The van der Waals surface area contributed by atoms with Gasteiger partial charge in [-0.3, -0.25) is 9.88 Å². The number of nitrogens with one attached hydrogen (secondary N) is 2. The quantitative estimate of drug-likeness (QED) is 0.371. The molecular formula is C21H36N4O5. The van der Waals surface area contributed by atoms with Gasteiger partial charge in [-0.2, -0.15) is 0 Å². The fourth-order valence-electron chi connectivity index (χ4n) is 2.59. The maximum absolute atomic E-state index is 11.7. The number of hydrogen-bond acceptors (Lipinski definition) is 7. The minimum absolute atomic E-state index is 0.167. The number of carbonyl (C=O) groups is 2. The molecule has 3 N–H and O–H groups in total. The van der Waals surface area contributed by atoms with E-state index in [9.17, 15) is 14.7 Å². The second kappa shape index (κ2) is 16.4. The highest BCUT2D eigenvalue weighted by atomic mass is 16.6. The first kappa shape index (κ1) is 25.6. The number of alkyl carbamates (subject to hydrolysis) is 2. The van der Waals surface area contributed by atoms with Crippen molar-refractivity contribution in [2.75, 3.05) is 45.9 Å². The molecule has 0 spiro atoms. The van der Waals surface area contributed by atoms with Gasteiger partial charge in [-0.1, -0.05) is 32.8 Å². The Bertz CT molecular complexity index is 560. The Morgan fingerprint density at radius 2 is 1.63 bits per heavy atom. The number of nitrogens with zero attached hydrogens (tertiary/aromatic N) is 2. The molecule has 170 valence electrons. The molecule has 2 amide bonds. The van der Waals surface area contributed by atoms with Crippen molar-refractivity contribution in [1.82, 2.24) is 20.5 Å². The molecular weight excluding hydrogens is 388 g/mol. The normalized spacial score (nSPS) is 11.7. The van der Waals surface area contributed by atoms with Crippen LogP contribution in [0.4, 0.5) is 9.59 Å². The van der Waals surface area contributed by atoms with Gasteiger partial charge in [0.15, 0.2) is 0 Å². The van der Waals surface area contributed by atoms with Crippen molar-refractivity contribution in [3.8, 4) is 0 Å². The zero-order chi connectivity index (χ0) is 22.0. The number of unbranched alkanes of at least 4 members (excludes halogenated alkanes) is 2. The minimum Gasteiger partial charge on any atom is -0.448 e. The third kappa shape index (κ3) is 12.2. The van der Waals surface area contributed by atoms with Crippen molar-refractivity contribution in [2.45, 2.75) is 45.6 Å². The van der Waals surface area contributed by atoms with Crippen LogP contribution in [0.3, 0.4) is 0 Å². The van der Waals surface area contributed by atoms with Crippen molar-refractivity contribution in [2.24, 2.45) is 0 Å². The number of aliphatic hydroxyl groups excluding tert-OH is 1. The number of aromatic nitrogens is 1. The van der Waals surface area contributed by atoms with Crippen LogP contribution in [0.25, 0.3) is 0 Å². The second-order valence-electron chi connectivity index (χ2n) is 6.94. The molecule has 0 saturated heterocycles. The first-order valence-corrected chi connectivity index (χ1v) is 10.7. The molecule has 0 saturated carbocycles. The Hall–Kier alpha value is -2.39. The molecule has 9 nitrogen and oxygen atoms in total. The highest BCUT2D eigenvalue weighted by Gasteiger charge is 2.15. The molecule has 0 aromatic carbocycles. The van der Waals surface area contributed by atoms with Gasteiger partial charge in [0.1, 0.15) is 13.2 Å². The average Bonchev–Trinajstić information content (AvgIpc) is 2.74. The van der Waals surface area contributed by atoms with Gasteiger partial charge in [0, 0.05) is 50.7 Å². The zero-order valence-corrected chi connectivity index (χ0v) is 18.1. The standard InChI is InChI=1S/C21H36N4O5/c1-3-5-10-23-20(27)29-14-12-25(13-15-30-21(28)24-11-6-4-2)17-19(26)18-8-7-9-22-16-18/h7-9,16,19,26H,3-6,10-15,17H2,1-2H3,(H,23,27)(H,24,28). The number of rotatable bonds is 15. The molecule has 0 aliphatic rings. The van der Waals surface area contributed by atoms with Crippen molar-refractivity contribution in [3.05, 3.63) is 30.1 Å². The third-order valence-corrected chi connectivity index (χ3v) is 4.38. The molecule has 0 radical (unpaired) electrons. The zero-order valence-electron chi connectivity index (χ0n) is 18.1. The van der Waals surface area contributed by atoms with E-state index in [4.69, 9.17) is 9.47 Å². The van der Waals surface area contributed by atoms with Crippen LogP contribution in [-0.4, -0.2) is 73.1 Å². The van der Waals surface area contributed by atoms with Crippen LogP contribution in [0.1, 0.15) is 51.2 Å². The summed E-state index contributed by atoms with van der Waals surface area (Å²) in [5, 5.41) is 15.9. The van der Waals surface area contributed by atoms with Crippen molar-refractivity contribution in [3.63, 3.8) is 0 Å². The van der Waals surface area contributed by atoms with Crippen molar-refractivity contribution in [1.29, 1.82) is 0 Å². The van der Waals surface area contributed by atoms with Crippen molar-refractivity contribution < 1.29 is 24.2 Å². The van der Waals surface area contributed by atoms with Gasteiger partial charge < -0.3 is 25.2 Å². The fourth-order valence-corrected chi connectivity index (χ4v) is 2.59. The van der Waals surface area contributed by atoms with Gasteiger partial charge in [0.2, 0.25) is 0 Å². The minimum atomic E-state index is -0.754. The van der Waals surface area contributed by atoms with E-state index in [1.165, 1.54) is 0 Å².